The number of alkyl halides is 1. The molecule has 2 N–H and O–H groups in total. The van der Waals surface area contributed by atoms with Crippen molar-refractivity contribution in [1.82, 2.24) is 0 Å². The minimum absolute atomic E-state index is 0.0678. The second-order valence-electron chi connectivity index (χ2n) is 2.44. The third kappa shape index (κ3) is 1.77. The lowest BCUT2D eigenvalue weighted by atomic mass is 10.1. The van der Waals surface area contributed by atoms with Gasteiger partial charge in [-0.1, -0.05) is 23.2 Å². The summed E-state index contributed by atoms with van der Waals surface area (Å²) in [5.41, 5.74) is 5.41. The molecule has 0 aromatic carbocycles. The van der Waals surface area contributed by atoms with E-state index in [0.29, 0.717) is 0 Å². The molecule has 0 radical (unpaired) electrons. The van der Waals surface area contributed by atoms with Crippen molar-refractivity contribution in [1.29, 1.82) is 0 Å². The number of nitro groups is 1. The summed E-state index contributed by atoms with van der Waals surface area (Å²) in [6.45, 7) is 0. The summed E-state index contributed by atoms with van der Waals surface area (Å²) in [6.07, 6.45) is 2.68. The summed E-state index contributed by atoms with van der Waals surface area (Å²) in [7, 11) is 0. The Morgan fingerprint density at radius 3 is 2.75 bits per heavy atom. The Morgan fingerprint density at radius 2 is 2.33 bits per heavy atom. The van der Waals surface area contributed by atoms with Gasteiger partial charge in [0.15, 0.2) is 0 Å². The normalized spacial score (nSPS) is 29.2. The van der Waals surface area contributed by atoms with Crippen molar-refractivity contribution in [2.75, 3.05) is 0 Å². The number of nitrogens with zero attached hydrogens (tertiary/aromatic N) is 1. The predicted molar refractivity (Wildman–Crippen MR) is 46.4 cm³/mol. The smallest absolute Gasteiger partial charge is 0.266 e. The largest absolute Gasteiger partial charge is 0.308 e. The van der Waals surface area contributed by atoms with Crippen molar-refractivity contribution in [3.63, 3.8) is 0 Å². The van der Waals surface area contributed by atoms with Gasteiger partial charge in [-0.05, 0) is 6.08 Å². The van der Waals surface area contributed by atoms with Gasteiger partial charge in [-0.3, -0.25) is 10.1 Å². The van der Waals surface area contributed by atoms with E-state index in [2.05, 4.69) is 0 Å². The van der Waals surface area contributed by atoms with Crippen LogP contribution < -0.4 is 5.73 Å². The Morgan fingerprint density at radius 1 is 1.75 bits per heavy atom. The summed E-state index contributed by atoms with van der Waals surface area (Å²) in [5.74, 6) is 0. The third-order valence-electron chi connectivity index (χ3n) is 1.49. The highest BCUT2D eigenvalue weighted by Gasteiger charge is 2.30. The van der Waals surface area contributed by atoms with Crippen LogP contribution in [-0.2, 0) is 0 Å². The molecule has 66 valence electrons. The van der Waals surface area contributed by atoms with Crippen molar-refractivity contribution in [3.8, 4) is 0 Å². The molecule has 0 bridgehead atoms. The SMILES string of the molecule is NC1(Cl)CC=C([N+](=O)[O-])C=C1Cl. The predicted octanol–water partition coefficient (Wildman–Crippen LogP) is 1.57. The molecule has 1 aliphatic rings. The maximum atomic E-state index is 10.3. The molecule has 0 spiro atoms. The molecule has 1 rings (SSSR count). The van der Waals surface area contributed by atoms with Crippen LogP contribution in [0.25, 0.3) is 0 Å². The first-order valence-electron chi connectivity index (χ1n) is 3.13. The van der Waals surface area contributed by atoms with Crippen LogP contribution in [0.5, 0.6) is 0 Å². The van der Waals surface area contributed by atoms with Crippen LogP contribution in [0.1, 0.15) is 6.42 Å². The van der Waals surface area contributed by atoms with Crippen LogP contribution in [0, 0.1) is 10.1 Å². The maximum absolute atomic E-state index is 10.3. The van der Waals surface area contributed by atoms with Gasteiger partial charge >= 0.3 is 0 Å². The molecule has 12 heavy (non-hydrogen) atoms. The monoisotopic (exact) mass is 208 g/mol. The Hall–Kier alpha value is -0.580. The van der Waals surface area contributed by atoms with Crippen molar-refractivity contribution in [2.24, 2.45) is 5.73 Å². The second kappa shape index (κ2) is 3.05. The fourth-order valence-corrected chi connectivity index (χ4v) is 1.11. The van der Waals surface area contributed by atoms with E-state index in [-0.39, 0.29) is 17.2 Å². The molecular formula is C6H6Cl2N2O2. The average Bonchev–Trinajstić information content (AvgIpc) is 1.94. The lowest BCUT2D eigenvalue weighted by Crippen LogP contribution is -2.34. The van der Waals surface area contributed by atoms with Gasteiger partial charge in [-0.15, -0.1) is 0 Å². The molecule has 0 amide bonds. The van der Waals surface area contributed by atoms with Crippen LogP contribution in [0.3, 0.4) is 0 Å². The fourth-order valence-electron chi connectivity index (χ4n) is 0.787. The van der Waals surface area contributed by atoms with Crippen LogP contribution >= 0.6 is 23.2 Å². The molecule has 1 aliphatic carbocycles. The van der Waals surface area contributed by atoms with Crippen LogP contribution in [0.15, 0.2) is 22.9 Å². The zero-order valence-electron chi connectivity index (χ0n) is 5.96. The van der Waals surface area contributed by atoms with E-state index < -0.39 is 9.92 Å². The standard InChI is InChI=1S/C6H6Cl2N2O2/c7-5-3-4(10(11)12)1-2-6(5,8)9/h1,3H,2,9H2. The van der Waals surface area contributed by atoms with E-state index in [1.54, 1.807) is 0 Å². The molecule has 1 atom stereocenters. The second-order valence-corrected chi connectivity index (χ2v) is 3.53. The summed E-state index contributed by atoms with van der Waals surface area (Å²) in [5, 5.41) is 10.4. The Bertz CT molecular complexity index is 283. The Kier molecular flexibility index (Phi) is 2.41. The first-order chi connectivity index (χ1) is 5.43. The number of allylic oxidation sites excluding steroid dienone is 1. The summed E-state index contributed by atoms with van der Waals surface area (Å²) in [6, 6.07) is 0. The highest BCUT2D eigenvalue weighted by molar-refractivity contribution is 6.39. The molecule has 0 saturated heterocycles. The highest BCUT2D eigenvalue weighted by atomic mass is 35.5. The van der Waals surface area contributed by atoms with Gasteiger partial charge in [0.1, 0.15) is 5.00 Å². The van der Waals surface area contributed by atoms with Gasteiger partial charge < -0.3 is 5.73 Å². The molecule has 0 saturated carbocycles. The third-order valence-corrected chi connectivity index (χ3v) is 2.39. The molecule has 0 fully saturated rings. The zero-order valence-corrected chi connectivity index (χ0v) is 7.47. The van der Waals surface area contributed by atoms with Gasteiger partial charge in [-0.25, -0.2) is 0 Å². The Labute approximate surface area is 78.8 Å². The first kappa shape index (κ1) is 9.51. The van der Waals surface area contributed by atoms with Crippen molar-refractivity contribution < 1.29 is 4.92 Å². The van der Waals surface area contributed by atoms with Gasteiger partial charge in [0, 0.05) is 12.5 Å². The molecule has 1 unspecified atom stereocenters. The Balaban J connectivity index is 2.93. The number of rotatable bonds is 1. The van der Waals surface area contributed by atoms with Gasteiger partial charge in [0.25, 0.3) is 5.70 Å². The fraction of sp³-hybridized carbons (Fsp3) is 0.333. The maximum Gasteiger partial charge on any atom is 0.266 e. The van der Waals surface area contributed by atoms with Gasteiger partial charge in [0.2, 0.25) is 0 Å². The average molecular weight is 209 g/mol. The quantitative estimate of drug-likeness (QED) is 0.308. The molecular weight excluding hydrogens is 203 g/mol. The topological polar surface area (TPSA) is 69.2 Å². The van der Waals surface area contributed by atoms with E-state index in [4.69, 9.17) is 28.9 Å². The van der Waals surface area contributed by atoms with Gasteiger partial charge in [0.05, 0.1) is 9.96 Å². The van der Waals surface area contributed by atoms with Crippen LogP contribution in [0.2, 0.25) is 0 Å². The van der Waals surface area contributed by atoms with Crippen molar-refractivity contribution in [2.45, 2.75) is 11.4 Å². The summed E-state index contributed by atoms with van der Waals surface area (Å²) < 4.78 is 0. The summed E-state index contributed by atoms with van der Waals surface area (Å²) in [4.78, 5) is 8.55. The highest BCUT2D eigenvalue weighted by Crippen LogP contribution is 2.32. The molecule has 0 aromatic heterocycles. The van der Waals surface area contributed by atoms with Crippen LogP contribution in [-0.4, -0.2) is 9.92 Å². The van der Waals surface area contributed by atoms with Crippen molar-refractivity contribution >= 4 is 23.2 Å². The minimum Gasteiger partial charge on any atom is -0.308 e. The molecule has 4 nitrogen and oxygen atoms in total. The molecule has 0 aromatic rings. The van der Waals surface area contributed by atoms with Gasteiger partial charge in [-0.2, -0.15) is 0 Å². The lowest BCUT2D eigenvalue weighted by Gasteiger charge is -2.21. The molecule has 6 heteroatoms. The molecule has 0 aliphatic heterocycles. The van der Waals surface area contributed by atoms with E-state index >= 15 is 0 Å². The van der Waals surface area contributed by atoms with E-state index in [0.717, 1.165) is 6.08 Å². The minimum atomic E-state index is -1.18. The number of hydrogen-bond acceptors (Lipinski definition) is 3. The van der Waals surface area contributed by atoms with E-state index in [1.807, 2.05) is 0 Å². The number of nitrogens with two attached hydrogens (primary N) is 1. The van der Waals surface area contributed by atoms with Crippen molar-refractivity contribution in [3.05, 3.63) is 33.0 Å². The number of halogens is 2. The first-order valence-corrected chi connectivity index (χ1v) is 3.89. The zero-order chi connectivity index (χ0) is 9.35. The van der Waals surface area contributed by atoms with E-state index in [1.165, 1.54) is 6.08 Å². The van der Waals surface area contributed by atoms with Crippen LogP contribution in [0.4, 0.5) is 0 Å². The lowest BCUT2D eigenvalue weighted by molar-refractivity contribution is -0.419. The van der Waals surface area contributed by atoms with E-state index in [9.17, 15) is 10.1 Å². The summed E-state index contributed by atoms with van der Waals surface area (Å²) >= 11 is 11.3. The number of hydrogen-bond donors (Lipinski definition) is 1. The molecule has 0 heterocycles.